The van der Waals surface area contributed by atoms with Crippen molar-refractivity contribution in [2.45, 2.75) is 322 Å². The van der Waals surface area contributed by atoms with Gasteiger partial charge in [-0.05, 0) is 64.2 Å². The number of unbranched alkanes of at least 4 members (excludes halogenated alkanes) is 34. The van der Waals surface area contributed by atoms with Gasteiger partial charge in [0.25, 0.3) is 0 Å². The average Bonchev–Trinajstić information content (AvgIpc) is 3.30. The lowest BCUT2D eigenvalue weighted by molar-refractivity contribution is -0.151. The van der Waals surface area contributed by atoms with Crippen LogP contribution in [0.4, 0.5) is 0 Å². The molecule has 0 aromatic rings. The molecule has 382 valence electrons. The van der Waals surface area contributed by atoms with Crippen molar-refractivity contribution in [3.63, 3.8) is 0 Å². The zero-order valence-corrected chi connectivity index (χ0v) is 43.6. The molecular weight excluding hydrogens is 803 g/mol. The van der Waals surface area contributed by atoms with Gasteiger partial charge in [0.05, 0.1) is 25.2 Å². The summed E-state index contributed by atoms with van der Waals surface area (Å²) in [6.45, 7) is 6.48. The Labute approximate surface area is 404 Å². The van der Waals surface area contributed by atoms with Crippen molar-refractivity contribution in [3.8, 4) is 0 Å². The Kier molecular flexibility index (Phi) is 51.5. The zero-order valence-electron chi connectivity index (χ0n) is 43.6. The number of allylic oxidation sites excluding steroid dienone is 6. The molecule has 1 amide bonds. The first-order valence-electron chi connectivity index (χ1n) is 28.7. The van der Waals surface area contributed by atoms with Gasteiger partial charge in [-0.25, -0.2) is 0 Å². The third kappa shape index (κ3) is 48.3. The van der Waals surface area contributed by atoms with Crippen molar-refractivity contribution in [3.05, 3.63) is 36.5 Å². The Morgan fingerprint density at radius 1 is 0.446 bits per heavy atom. The Morgan fingerprint density at radius 3 is 1.22 bits per heavy atom. The summed E-state index contributed by atoms with van der Waals surface area (Å²) in [5, 5.41) is 23.9. The number of aliphatic hydroxyl groups is 2. The monoisotopic (exact) mass is 914 g/mol. The van der Waals surface area contributed by atoms with Crippen molar-refractivity contribution in [1.29, 1.82) is 0 Å². The van der Waals surface area contributed by atoms with E-state index in [9.17, 15) is 19.8 Å². The summed E-state index contributed by atoms with van der Waals surface area (Å²) >= 11 is 0. The molecule has 0 radical (unpaired) electrons. The largest absolute Gasteiger partial charge is 0.462 e. The fraction of sp³-hybridized carbons (Fsp3) is 0.864. The molecule has 3 unspecified atom stereocenters. The fourth-order valence-electron chi connectivity index (χ4n) is 8.85. The third-order valence-electron chi connectivity index (χ3n) is 13.2. The minimum atomic E-state index is -0.787. The summed E-state index contributed by atoms with van der Waals surface area (Å²) < 4.78 is 5.94. The maximum absolute atomic E-state index is 13.2. The topological polar surface area (TPSA) is 95.9 Å². The van der Waals surface area contributed by atoms with E-state index in [2.05, 4.69) is 62.5 Å². The van der Waals surface area contributed by atoms with Gasteiger partial charge < -0.3 is 20.3 Å². The minimum absolute atomic E-state index is 0.0762. The number of nitrogens with one attached hydrogen (secondary N) is 1. The van der Waals surface area contributed by atoms with E-state index in [0.717, 1.165) is 64.2 Å². The summed E-state index contributed by atoms with van der Waals surface area (Å²) in [6, 6.07) is -0.701. The number of carbonyl (C=O) groups excluding carboxylic acids is 2. The predicted molar refractivity (Wildman–Crippen MR) is 282 cm³/mol. The molecule has 0 heterocycles. The van der Waals surface area contributed by atoms with Gasteiger partial charge in [-0.2, -0.15) is 0 Å². The molecule has 0 rings (SSSR count). The molecular formula is C59H111NO5. The normalized spacial score (nSPS) is 13.4. The fourth-order valence-corrected chi connectivity index (χ4v) is 8.85. The van der Waals surface area contributed by atoms with Gasteiger partial charge in [-0.1, -0.05) is 263 Å². The van der Waals surface area contributed by atoms with Crippen LogP contribution in [0.15, 0.2) is 36.5 Å². The zero-order chi connectivity index (χ0) is 47.4. The highest BCUT2D eigenvalue weighted by atomic mass is 16.5. The van der Waals surface area contributed by atoms with Crippen LogP contribution < -0.4 is 5.32 Å². The number of hydrogen-bond donors (Lipinski definition) is 3. The summed E-state index contributed by atoms with van der Waals surface area (Å²) in [5.74, 6) is -0.475. The van der Waals surface area contributed by atoms with Crippen LogP contribution in [0.5, 0.6) is 0 Å². The van der Waals surface area contributed by atoms with Crippen molar-refractivity contribution in [2.75, 3.05) is 6.61 Å². The summed E-state index contributed by atoms with van der Waals surface area (Å²) in [7, 11) is 0. The maximum atomic E-state index is 13.2. The van der Waals surface area contributed by atoms with Gasteiger partial charge in [0.1, 0.15) is 6.10 Å². The average molecular weight is 915 g/mol. The van der Waals surface area contributed by atoms with E-state index in [1.54, 1.807) is 0 Å². The van der Waals surface area contributed by atoms with E-state index >= 15 is 0 Å². The molecule has 0 spiro atoms. The number of amides is 1. The van der Waals surface area contributed by atoms with Crippen LogP contribution in [0.2, 0.25) is 0 Å². The SMILES string of the molecule is CCCCC/C=C\C/C=C\C/C=C\CCCCCCCCC(=O)OC(CCCCCCCCCCCC)CC(=O)NC(CO)C(O)CCCCCCCCCCCCCCCCCCC. The third-order valence-corrected chi connectivity index (χ3v) is 13.2. The van der Waals surface area contributed by atoms with Crippen LogP contribution in [0.3, 0.4) is 0 Å². The second-order valence-corrected chi connectivity index (χ2v) is 19.7. The molecule has 0 aliphatic heterocycles. The van der Waals surface area contributed by atoms with Crippen molar-refractivity contribution >= 4 is 11.9 Å². The van der Waals surface area contributed by atoms with Crippen molar-refractivity contribution in [1.82, 2.24) is 5.32 Å². The summed E-state index contributed by atoms with van der Waals surface area (Å²) in [4.78, 5) is 26.2. The Morgan fingerprint density at radius 2 is 0.785 bits per heavy atom. The lowest BCUT2D eigenvalue weighted by atomic mass is 10.0. The number of rotatable bonds is 52. The molecule has 6 heteroatoms. The Hall–Kier alpha value is -1.92. The molecule has 0 saturated carbocycles. The first-order chi connectivity index (χ1) is 32.0. The van der Waals surface area contributed by atoms with Crippen LogP contribution in [-0.4, -0.2) is 46.9 Å². The van der Waals surface area contributed by atoms with Gasteiger partial charge >= 0.3 is 5.97 Å². The van der Waals surface area contributed by atoms with Gasteiger partial charge in [0, 0.05) is 6.42 Å². The van der Waals surface area contributed by atoms with Crippen LogP contribution in [0.25, 0.3) is 0 Å². The maximum Gasteiger partial charge on any atom is 0.306 e. The molecule has 0 bridgehead atoms. The molecule has 6 nitrogen and oxygen atoms in total. The number of hydrogen-bond acceptors (Lipinski definition) is 5. The standard InChI is InChI=1S/C59H111NO5/c1-4-7-10-13-16-19-22-24-26-28-29-31-33-35-37-40-43-46-49-52-59(64)65-55(50-47-44-41-38-21-18-15-12-9-6-3)53-58(63)60-56(54-61)57(62)51-48-45-42-39-36-34-32-30-27-25-23-20-17-14-11-8-5-2/h16,19,24,26,29,31,55-57,61-62H,4-15,17-18,20-23,25,27-28,30,32-54H2,1-3H3,(H,60,63)/b19-16-,26-24-,31-29-. The van der Waals surface area contributed by atoms with E-state index in [0.29, 0.717) is 19.3 Å². The van der Waals surface area contributed by atoms with Gasteiger partial charge in [-0.3, -0.25) is 9.59 Å². The second-order valence-electron chi connectivity index (χ2n) is 19.7. The molecule has 65 heavy (non-hydrogen) atoms. The summed E-state index contributed by atoms with van der Waals surface area (Å²) in [6.07, 6.45) is 63.5. The highest BCUT2D eigenvalue weighted by molar-refractivity contribution is 5.77. The lowest BCUT2D eigenvalue weighted by Gasteiger charge is -2.24. The molecule has 0 aromatic carbocycles. The van der Waals surface area contributed by atoms with E-state index in [1.807, 2.05) is 0 Å². The van der Waals surface area contributed by atoms with E-state index < -0.39 is 18.2 Å². The number of aliphatic hydroxyl groups excluding tert-OH is 2. The molecule has 0 aliphatic rings. The molecule has 3 atom stereocenters. The molecule has 0 aliphatic carbocycles. The van der Waals surface area contributed by atoms with E-state index in [1.165, 1.54) is 193 Å². The number of esters is 1. The van der Waals surface area contributed by atoms with Gasteiger partial charge in [-0.15, -0.1) is 0 Å². The molecule has 0 fully saturated rings. The molecule has 0 aromatic heterocycles. The smallest absolute Gasteiger partial charge is 0.306 e. The van der Waals surface area contributed by atoms with Gasteiger partial charge in [0.2, 0.25) is 5.91 Å². The number of ether oxygens (including phenoxy) is 1. The second kappa shape index (κ2) is 53.0. The molecule has 0 saturated heterocycles. The van der Waals surface area contributed by atoms with Crippen molar-refractivity contribution in [2.24, 2.45) is 0 Å². The predicted octanol–water partition coefficient (Wildman–Crippen LogP) is 17.6. The quantitative estimate of drug-likeness (QED) is 0.0321. The van der Waals surface area contributed by atoms with E-state index in [4.69, 9.17) is 4.74 Å². The highest BCUT2D eigenvalue weighted by Crippen LogP contribution is 2.19. The van der Waals surface area contributed by atoms with Crippen LogP contribution in [0, 0.1) is 0 Å². The van der Waals surface area contributed by atoms with Crippen molar-refractivity contribution < 1.29 is 24.5 Å². The van der Waals surface area contributed by atoms with Gasteiger partial charge in [0.15, 0.2) is 0 Å². The number of carbonyl (C=O) groups is 2. The summed E-state index contributed by atoms with van der Waals surface area (Å²) in [5.41, 5.74) is 0. The first kappa shape index (κ1) is 63.1. The lowest BCUT2D eigenvalue weighted by Crippen LogP contribution is -2.46. The van der Waals surface area contributed by atoms with Crippen LogP contribution in [0.1, 0.15) is 303 Å². The molecule has 3 N–H and O–H groups in total. The Balaban J connectivity index is 4.42. The Bertz CT molecular complexity index is 1070. The van der Waals surface area contributed by atoms with E-state index in [-0.39, 0.29) is 24.9 Å². The van der Waals surface area contributed by atoms with Crippen LogP contribution in [-0.2, 0) is 14.3 Å². The first-order valence-corrected chi connectivity index (χ1v) is 28.7. The van der Waals surface area contributed by atoms with Crippen LogP contribution >= 0.6 is 0 Å². The minimum Gasteiger partial charge on any atom is -0.462 e. The highest BCUT2D eigenvalue weighted by Gasteiger charge is 2.24.